The number of aryl methyl sites for hydroxylation is 1. The Bertz CT molecular complexity index is 846. The molecule has 4 nitrogen and oxygen atoms in total. The smallest absolute Gasteiger partial charge is 0.258 e. The van der Waals surface area contributed by atoms with E-state index >= 15 is 0 Å². The van der Waals surface area contributed by atoms with Crippen molar-refractivity contribution in [3.8, 4) is 5.75 Å². The molecule has 1 amide bonds. The zero-order valence-corrected chi connectivity index (χ0v) is 17.2. The molecule has 1 fully saturated rings. The van der Waals surface area contributed by atoms with Gasteiger partial charge in [-0.15, -0.1) is 0 Å². The maximum absolute atomic E-state index is 13.5. The number of benzene rings is 2. The van der Waals surface area contributed by atoms with Gasteiger partial charge in [0.25, 0.3) is 5.91 Å². The number of ether oxygens (including phenoxy) is 1. The third-order valence-electron chi connectivity index (χ3n) is 6.16. The van der Waals surface area contributed by atoms with E-state index in [1.807, 2.05) is 24.3 Å². The van der Waals surface area contributed by atoms with Crippen LogP contribution >= 0.6 is 0 Å². The molecule has 0 aliphatic carbocycles. The molecule has 2 aliphatic rings. The number of amides is 1. The van der Waals surface area contributed by atoms with Crippen LogP contribution < -0.4 is 14.5 Å². The largest absolute Gasteiger partial charge is 0.494 e. The summed E-state index contributed by atoms with van der Waals surface area (Å²) in [7, 11) is 2.26. The minimum Gasteiger partial charge on any atom is -0.494 e. The molecule has 3 atom stereocenters. The molecule has 4 heteroatoms. The summed E-state index contributed by atoms with van der Waals surface area (Å²) in [4.78, 5) is 17.1. The second kappa shape index (κ2) is 7.96. The van der Waals surface area contributed by atoms with Gasteiger partial charge in [0.05, 0.1) is 38.7 Å². The molecular weight excluding hydrogens is 348 g/mol. The van der Waals surface area contributed by atoms with Crippen LogP contribution in [0.4, 0.5) is 5.69 Å². The number of likely N-dealkylation sites (tertiary alicyclic amines) is 1. The molecule has 1 saturated heterocycles. The first kappa shape index (κ1) is 19.0. The SMILES string of the molecule is CCCCOc1ccc(C(=O)N2c3ccc(C)cc3[C@H]3C[NH+](C)CC[C@H]32)cc1. The topological polar surface area (TPSA) is 34.0 Å². The summed E-state index contributed by atoms with van der Waals surface area (Å²) in [6, 6.07) is 14.5. The molecule has 0 spiro atoms. The second-order valence-electron chi connectivity index (χ2n) is 8.34. The van der Waals surface area contributed by atoms with Gasteiger partial charge in [-0.05, 0) is 49.2 Å². The standard InChI is InChI=1S/C24H30N2O2/c1-4-5-14-28-19-9-7-18(8-10-19)24(27)26-22-11-6-17(2)15-20(22)21-16-25(3)13-12-23(21)26/h6-11,15,21,23H,4-5,12-14,16H2,1-3H3/p+1/t21-,23-/m1/s1. The van der Waals surface area contributed by atoms with Crippen LogP contribution in [0.1, 0.15) is 53.6 Å². The number of anilines is 1. The molecule has 4 rings (SSSR count). The fourth-order valence-electron chi connectivity index (χ4n) is 4.63. The average Bonchev–Trinajstić information content (AvgIpc) is 3.01. The number of quaternary nitrogens is 1. The number of carbonyl (C=O) groups is 1. The highest BCUT2D eigenvalue weighted by Crippen LogP contribution is 2.43. The summed E-state index contributed by atoms with van der Waals surface area (Å²) in [5.41, 5.74) is 4.45. The normalized spacial score (nSPS) is 23.2. The number of rotatable bonds is 5. The van der Waals surface area contributed by atoms with Crippen molar-refractivity contribution in [2.75, 3.05) is 31.6 Å². The minimum absolute atomic E-state index is 0.109. The van der Waals surface area contributed by atoms with Gasteiger partial charge in [-0.3, -0.25) is 4.79 Å². The summed E-state index contributed by atoms with van der Waals surface area (Å²) < 4.78 is 5.75. The van der Waals surface area contributed by atoms with E-state index in [1.165, 1.54) is 11.1 Å². The zero-order chi connectivity index (χ0) is 19.7. The maximum atomic E-state index is 13.5. The molecule has 0 bridgehead atoms. The van der Waals surface area contributed by atoms with Crippen molar-refractivity contribution >= 4 is 11.6 Å². The average molecular weight is 380 g/mol. The van der Waals surface area contributed by atoms with Crippen molar-refractivity contribution < 1.29 is 14.4 Å². The molecular formula is C24H31N2O2+. The number of nitrogens with zero attached hydrogens (tertiary/aromatic N) is 1. The number of nitrogens with one attached hydrogen (secondary N) is 1. The maximum Gasteiger partial charge on any atom is 0.258 e. The van der Waals surface area contributed by atoms with Crippen LogP contribution in [0.2, 0.25) is 0 Å². The van der Waals surface area contributed by atoms with Gasteiger partial charge in [-0.1, -0.05) is 31.0 Å². The Balaban J connectivity index is 1.60. The molecule has 2 aliphatic heterocycles. The van der Waals surface area contributed by atoms with Crippen molar-refractivity contribution in [1.29, 1.82) is 0 Å². The Kier molecular flexibility index (Phi) is 5.40. The highest BCUT2D eigenvalue weighted by atomic mass is 16.5. The van der Waals surface area contributed by atoms with E-state index in [0.717, 1.165) is 56.0 Å². The monoisotopic (exact) mass is 379 g/mol. The highest BCUT2D eigenvalue weighted by Gasteiger charge is 2.45. The summed E-state index contributed by atoms with van der Waals surface area (Å²) in [5.74, 6) is 1.38. The van der Waals surface area contributed by atoms with Gasteiger partial charge in [-0.2, -0.15) is 0 Å². The highest BCUT2D eigenvalue weighted by molar-refractivity contribution is 6.08. The van der Waals surface area contributed by atoms with E-state index in [2.05, 4.69) is 44.0 Å². The van der Waals surface area contributed by atoms with Crippen molar-refractivity contribution in [1.82, 2.24) is 0 Å². The number of hydrogen-bond donors (Lipinski definition) is 1. The second-order valence-corrected chi connectivity index (χ2v) is 8.34. The lowest BCUT2D eigenvalue weighted by Crippen LogP contribution is -3.11. The predicted molar refractivity (Wildman–Crippen MR) is 113 cm³/mol. The molecule has 148 valence electrons. The lowest BCUT2D eigenvalue weighted by molar-refractivity contribution is -0.886. The summed E-state index contributed by atoms with van der Waals surface area (Å²) >= 11 is 0. The third kappa shape index (κ3) is 3.53. The van der Waals surface area contributed by atoms with Crippen LogP contribution in [0.3, 0.4) is 0 Å². The fraction of sp³-hybridized carbons (Fsp3) is 0.458. The molecule has 28 heavy (non-hydrogen) atoms. The van der Waals surface area contributed by atoms with E-state index in [0.29, 0.717) is 5.92 Å². The first-order chi connectivity index (χ1) is 13.6. The molecule has 1 N–H and O–H groups in total. The number of carbonyl (C=O) groups excluding carboxylic acids is 1. The van der Waals surface area contributed by atoms with Crippen LogP contribution in [0.25, 0.3) is 0 Å². The van der Waals surface area contributed by atoms with Gasteiger partial charge in [0.2, 0.25) is 0 Å². The molecule has 0 saturated carbocycles. The first-order valence-corrected chi connectivity index (χ1v) is 10.6. The van der Waals surface area contributed by atoms with Gasteiger partial charge < -0.3 is 14.5 Å². The summed E-state index contributed by atoms with van der Waals surface area (Å²) in [6.07, 6.45) is 3.21. The van der Waals surface area contributed by atoms with Crippen LogP contribution in [0, 0.1) is 6.92 Å². The van der Waals surface area contributed by atoms with Crippen molar-refractivity contribution in [3.63, 3.8) is 0 Å². The van der Waals surface area contributed by atoms with Crippen LogP contribution in [-0.4, -0.2) is 38.7 Å². The molecule has 2 aromatic rings. The lowest BCUT2D eigenvalue weighted by atomic mass is 9.88. The Labute approximate surface area is 168 Å². The number of unbranched alkanes of at least 4 members (excludes halogenated alkanes) is 1. The molecule has 0 aromatic heterocycles. The van der Waals surface area contributed by atoms with Crippen LogP contribution in [0.15, 0.2) is 42.5 Å². The van der Waals surface area contributed by atoms with Crippen molar-refractivity contribution in [2.45, 2.75) is 45.1 Å². The molecule has 2 heterocycles. The van der Waals surface area contributed by atoms with Gasteiger partial charge in [-0.25, -0.2) is 0 Å². The van der Waals surface area contributed by atoms with Gasteiger partial charge in [0.1, 0.15) is 5.75 Å². The Morgan fingerprint density at radius 1 is 1.21 bits per heavy atom. The van der Waals surface area contributed by atoms with Gasteiger partial charge >= 0.3 is 0 Å². The number of fused-ring (bicyclic) bond motifs is 3. The third-order valence-corrected chi connectivity index (χ3v) is 6.16. The van der Waals surface area contributed by atoms with E-state index < -0.39 is 0 Å². The van der Waals surface area contributed by atoms with E-state index in [1.54, 1.807) is 4.90 Å². The van der Waals surface area contributed by atoms with E-state index in [9.17, 15) is 4.79 Å². The Morgan fingerprint density at radius 2 is 2.00 bits per heavy atom. The number of piperidine rings is 1. The minimum atomic E-state index is 0.109. The van der Waals surface area contributed by atoms with Gasteiger partial charge in [0, 0.05) is 17.7 Å². The first-order valence-electron chi connectivity index (χ1n) is 10.6. The Hall–Kier alpha value is -2.33. The lowest BCUT2D eigenvalue weighted by Gasteiger charge is -2.34. The summed E-state index contributed by atoms with van der Waals surface area (Å²) in [6.45, 7) is 7.22. The summed E-state index contributed by atoms with van der Waals surface area (Å²) in [5, 5.41) is 0. The number of likely N-dealkylation sites (N-methyl/N-ethyl adjacent to an activating group) is 1. The van der Waals surface area contributed by atoms with E-state index in [4.69, 9.17) is 4.74 Å². The van der Waals surface area contributed by atoms with Crippen LogP contribution in [0.5, 0.6) is 5.75 Å². The van der Waals surface area contributed by atoms with Gasteiger partial charge in [0.15, 0.2) is 0 Å². The van der Waals surface area contributed by atoms with Crippen molar-refractivity contribution in [3.05, 3.63) is 59.2 Å². The quantitative estimate of drug-likeness (QED) is 0.810. The predicted octanol–water partition coefficient (Wildman–Crippen LogP) is 3.20. The zero-order valence-electron chi connectivity index (χ0n) is 17.2. The number of hydrogen-bond acceptors (Lipinski definition) is 2. The molecule has 1 unspecified atom stereocenters. The molecule has 2 aromatic carbocycles. The fourth-order valence-corrected chi connectivity index (χ4v) is 4.63. The Morgan fingerprint density at radius 3 is 2.75 bits per heavy atom. The van der Waals surface area contributed by atoms with Crippen molar-refractivity contribution in [2.24, 2.45) is 0 Å². The van der Waals surface area contributed by atoms with Crippen LogP contribution in [-0.2, 0) is 0 Å². The molecule has 0 radical (unpaired) electrons. The van der Waals surface area contributed by atoms with E-state index in [-0.39, 0.29) is 11.9 Å².